The zero-order chi connectivity index (χ0) is 26.9. The molecule has 1 heteroatoms. The number of para-hydroxylation sites is 1. The molecule has 9 rings (SSSR count). The van der Waals surface area contributed by atoms with Gasteiger partial charge in [0, 0.05) is 27.2 Å². The van der Waals surface area contributed by atoms with Crippen LogP contribution in [0.1, 0.15) is 0 Å². The summed E-state index contributed by atoms with van der Waals surface area (Å²) in [6, 6.07) is 55.5. The van der Waals surface area contributed by atoms with Gasteiger partial charge in [0.15, 0.2) is 0 Å². The molecule has 0 saturated heterocycles. The van der Waals surface area contributed by atoms with Gasteiger partial charge in [-0.25, -0.2) is 0 Å². The van der Waals surface area contributed by atoms with Gasteiger partial charge in [-0.3, -0.25) is 0 Å². The Labute approximate surface area is 237 Å². The highest BCUT2D eigenvalue weighted by molar-refractivity contribution is 6.36. The predicted octanol–water partition coefficient (Wildman–Crippen LogP) is 11.1. The van der Waals surface area contributed by atoms with Crippen molar-refractivity contribution in [2.24, 2.45) is 0 Å². The van der Waals surface area contributed by atoms with Crippen LogP contribution in [0.4, 0.5) is 0 Å². The van der Waals surface area contributed by atoms with Crippen molar-refractivity contribution in [3.63, 3.8) is 0 Å². The molecule has 41 heavy (non-hydrogen) atoms. The highest BCUT2D eigenvalue weighted by Crippen LogP contribution is 2.44. The minimum atomic E-state index is 1.18. The third-order valence-corrected chi connectivity index (χ3v) is 8.72. The molecule has 0 amide bonds. The Hall–Kier alpha value is -5.40. The largest absolute Gasteiger partial charge is 0.309 e. The summed E-state index contributed by atoms with van der Waals surface area (Å²) in [5.74, 6) is 0. The van der Waals surface area contributed by atoms with E-state index in [9.17, 15) is 0 Å². The molecule has 0 saturated carbocycles. The highest BCUT2D eigenvalue weighted by Gasteiger charge is 2.20. The number of nitrogens with zero attached hydrogens (tertiary/aromatic N) is 1. The van der Waals surface area contributed by atoms with Gasteiger partial charge in [-0.05, 0) is 67.7 Å². The minimum absolute atomic E-state index is 1.18. The van der Waals surface area contributed by atoms with Gasteiger partial charge >= 0.3 is 0 Å². The normalized spacial score (nSPS) is 11.9. The first-order valence-corrected chi connectivity index (χ1v) is 14.2. The topological polar surface area (TPSA) is 4.93 Å². The third kappa shape index (κ3) is 3.24. The molecule has 8 aromatic carbocycles. The number of hydrogen-bond donors (Lipinski definition) is 0. The second kappa shape index (κ2) is 8.55. The van der Waals surface area contributed by atoms with Gasteiger partial charge in [0.2, 0.25) is 0 Å². The first kappa shape index (κ1) is 22.4. The van der Waals surface area contributed by atoms with Crippen molar-refractivity contribution < 1.29 is 0 Å². The number of rotatable bonds is 2. The number of hydrogen-bond acceptors (Lipinski definition) is 0. The second-order valence-electron chi connectivity index (χ2n) is 10.9. The van der Waals surface area contributed by atoms with E-state index in [4.69, 9.17) is 0 Å². The van der Waals surface area contributed by atoms with E-state index in [0.717, 1.165) is 0 Å². The van der Waals surface area contributed by atoms with Crippen molar-refractivity contribution in [2.45, 2.75) is 0 Å². The van der Waals surface area contributed by atoms with Crippen LogP contribution in [0.3, 0.4) is 0 Å². The Morgan fingerprint density at radius 1 is 0.341 bits per heavy atom. The van der Waals surface area contributed by atoms with E-state index in [1.54, 1.807) is 0 Å². The van der Waals surface area contributed by atoms with Crippen LogP contribution < -0.4 is 0 Å². The zero-order valence-electron chi connectivity index (χ0n) is 22.4. The predicted molar refractivity (Wildman–Crippen MR) is 176 cm³/mol. The van der Waals surface area contributed by atoms with Crippen LogP contribution >= 0.6 is 0 Å². The molecule has 0 unspecified atom stereocenters. The van der Waals surface area contributed by atoms with Crippen molar-refractivity contribution in [3.8, 4) is 16.8 Å². The Morgan fingerprint density at radius 3 is 1.90 bits per heavy atom. The van der Waals surface area contributed by atoms with Crippen LogP contribution in [0, 0.1) is 0 Å². The second-order valence-corrected chi connectivity index (χ2v) is 10.9. The average Bonchev–Trinajstić information content (AvgIpc) is 3.40. The van der Waals surface area contributed by atoms with Gasteiger partial charge < -0.3 is 4.57 Å². The summed E-state index contributed by atoms with van der Waals surface area (Å²) in [4.78, 5) is 0. The fraction of sp³-hybridized carbons (Fsp3) is 0. The lowest BCUT2D eigenvalue weighted by Crippen LogP contribution is -1.95. The molecule has 0 fully saturated rings. The van der Waals surface area contributed by atoms with Crippen molar-refractivity contribution in [1.29, 1.82) is 0 Å². The Morgan fingerprint density at radius 2 is 1.02 bits per heavy atom. The van der Waals surface area contributed by atoms with Crippen LogP contribution in [-0.2, 0) is 0 Å². The molecule has 0 spiro atoms. The molecule has 0 aliphatic carbocycles. The maximum Gasteiger partial charge on any atom is 0.0626 e. The van der Waals surface area contributed by atoms with E-state index in [1.165, 1.54) is 81.7 Å². The minimum Gasteiger partial charge on any atom is -0.309 e. The lowest BCUT2D eigenvalue weighted by Gasteiger charge is -2.14. The average molecular weight is 520 g/mol. The summed E-state index contributed by atoms with van der Waals surface area (Å²) < 4.78 is 2.49. The number of benzene rings is 8. The molecule has 0 N–H and O–H groups in total. The van der Waals surface area contributed by atoms with Crippen molar-refractivity contribution >= 4 is 64.9 Å². The molecule has 0 atom stereocenters. The van der Waals surface area contributed by atoms with E-state index in [2.05, 4.69) is 156 Å². The van der Waals surface area contributed by atoms with Crippen LogP contribution in [0.2, 0.25) is 0 Å². The standard InChI is InChI=1S/C40H25N/c1-2-10-26(11-3-1)29-19-18-27-20-22-31(25-30(27)24-29)41-37-17-9-8-16-36(37)39-38-32-13-5-4-12-28(32)21-23-34(38)33-14-6-7-15-35(33)40(39)41/h1-25H. The molecule has 1 aromatic heterocycles. The first-order valence-electron chi connectivity index (χ1n) is 14.2. The Kier molecular flexibility index (Phi) is 4.67. The van der Waals surface area contributed by atoms with Gasteiger partial charge in [-0.15, -0.1) is 0 Å². The molecule has 0 bridgehead atoms. The Balaban J connectivity index is 1.46. The van der Waals surface area contributed by atoms with E-state index < -0.39 is 0 Å². The number of fused-ring (bicyclic) bond motifs is 11. The SMILES string of the molecule is c1ccc(-c2ccc3ccc(-n4c5ccccc5c5c6c7ccccc7ccc6c6ccccc6c54)cc3c2)cc1. The molecule has 0 aliphatic rings. The van der Waals surface area contributed by atoms with Gasteiger partial charge in [0.1, 0.15) is 0 Å². The lowest BCUT2D eigenvalue weighted by atomic mass is 9.93. The van der Waals surface area contributed by atoms with E-state index >= 15 is 0 Å². The maximum atomic E-state index is 2.49. The summed E-state index contributed by atoms with van der Waals surface area (Å²) in [6.45, 7) is 0. The third-order valence-electron chi connectivity index (χ3n) is 8.72. The number of aromatic nitrogens is 1. The molecule has 190 valence electrons. The van der Waals surface area contributed by atoms with Crippen molar-refractivity contribution in [3.05, 3.63) is 152 Å². The maximum absolute atomic E-state index is 2.49. The van der Waals surface area contributed by atoms with E-state index in [-0.39, 0.29) is 0 Å². The van der Waals surface area contributed by atoms with Gasteiger partial charge in [0.25, 0.3) is 0 Å². The van der Waals surface area contributed by atoms with Gasteiger partial charge in [-0.1, -0.05) is 127 Å². The van der Waals surface area contributed by atoms with Crippen molar-refractivity contribution in [2.75, 3.05) is 0 Å². The molecule has 0 aliphatic heterocycles. The summed E-state index contributed by atoms with van der Waals surface area (Å²) in [7, 11) is 0. The van der Waals surface area contributed by atoms with Crippen LogP contribution in [0.25, 0.3) is 81.7 Å². The molecule has 1 heterocycles. The van der Waals surface area contributed by atoms with Gasteiger partial charge in [-0.2, -0.15) is 0 Å². The quantitative estimate of drug-likeness (QED) is 0.200. The summed E-state index contributed by atoms with van der Waals surface area (Å²) in [5.41, 5.74) is 6.15. The fourth-order valence-corrected chi connectivity index (χ4v) is 6.89. The molecular weight excluding hydrogens is 494 g/mol. The molecular formula is C40H25N. The zero-order valence-corrected chi connectivity index (χ0v) is 22.4. The highest BCUT2D eigenvalue weighted by atomic mass is 15.0. The lowest BCUT2D eigenvalue weighted by molar-refractivity contribution is 1.19. The summed E-state index contributed by atoms with van der Waals surface area (Å²) in [5, 5.41) is 12.9. The van der Waals surface area contributed by atoms with E-state index in [1.807, 2.05) is 0 Å². The smallest absolute Gasteiger partial charge is 0.0626 e. The molecule has 0 radical (unpaired) electrons. The van der Waals surface area contributed by atoms with Crippen LogP contribution in [0.15, 0.2) is 152 Å². The molecule has 1 nitrogen and oxygen atoms in total. The fourth-order valence-electron chi connectivity index (χ4n) is 6.89. The Bertz CT molecular complexity index is 2460. The van der Waals surface area contributed by atoms with Crippen LogP contribution in [-0.4, -0.2) is 4.57 Å². The first-order chi connectivity index (χ1) is 20.3. The van der Waals surface area contributed by atoms with Gasteiger partial charge in [0.05, 0.1) is 11.0 Å². The monoisotopic (exact) mass is 519 g/mol. The van der Waals surface area contributed by atoms with Crippen LogP contribution in [0.5, 0.6) is 0 Å². The molecule has 9 aromatic rings. The summed E-state index contributed by atoms with van der Waals surface area (Å²) >= 11 is 0. The van der Waals surface area contributed by atoms with Crippen molar-refractivity contribution in [1.82, 2.24) is 4.57 Å². The van der Waals surface area contributed by atoms with E-state index in [0.29, 0.717) is 0 Å². The summed E-state index contributed by atoms with van der Waals surface area (Å²) in [6.07, 6.45) is 0.